The van der Waals surface area contributed by atoms with E-state index in [1.54, 1.807) is 30.3 Å². The minimum atomic E-state index is -1.33. The maximum Gasteiger partial charge on any atom is 0.312 e. The number of carbonyl (C=O) groups is 2. The number of esters is 1. The SMILES string of the molecule is CC1(C)C(C=C(Cl)Cl)C1(C(=O)O)C(C#N)c1cccc(Oc2ccccc2)c1.CC1(C)C(C=C(Cl)Cl)C1C(=O)OCc1cccc(Oc2ccccc2)c1. The molecule has 0 aromatic heterocycles. The van der Waals surface area contributed by atoms with E-state index in [0.717, 1.165) is 11.3 Å². The van der Waals surface area contributed by atoms with E-state index in [-0.39, 0.29) is 38.8 Å². The van der Waals surface area contributed by atoms with Gasteiger partial charge >= 0.3 is 11.9 Å². The van der Waals surface area contributed by atoms with E-state index in [2.05, 4.69) is 6.07 Å². The van der Waals surface area contributed by atoms with E-state index in [1.807, 2.05) is 113 Å². The number of nitriles is 1. The van der Waals surface area contributed by atoms with Crippen molar-refractivity contribution >= 4 is 58.3 Å². The van der Waals surface area contributed by atoms with Gasteiger partial charge in [-0.25, -0.2) is 0 Å². The van der Waals surface area contributed by atoms with Crippen molar-refractivity contribution in [3.63, 3.8) is 0 Å². The predicted molar refractivity (Wildman–Crippen MR) is 212 cm³/mol. The van der Waals surface area contributed by atoms with Crippen LogP contribution in [0.15, 0.2) is 130 Å². The van der Waals surface area contributed by atoms with Crippen molar-refractivity contribution < 1.29 is 28.9 Å². The zero-order chi connectivity index (χ0) is 39.3. The molecule has 1 N–H and O–H groups in total. The fraction of sp³-hybridized carbons (Fsp3) is 0.279. The monoisotopic (exact) mass is 805 g/mol. The first-order chi connectivity index (χ1) is 25.6. The summed E-state index contributed by atoms with van der Waals surface area (Å²) < 4.78 is 17.3. The Hall–Kier alpha value is -4.45. The molecule has 6 rings (SSSR count). The molecule has 280 valence electrons. The van der Waals surface area contributed by atoms with E-state index < -0.39 is 28.6 Å². The van der Waals surface area contributed by atoms with E-state index in [4.69, 9.17) is 60.6 Å². The van der Waals surface area contributed by atoms with Crippen LogP contribution in [0.25, 0.3) is 0 Å². The maximum atomic E-state index is 12.4. The third-order valence-electron chi connectivity index (χ3n) is 10.4. The third-order valence-corrected chi connectivity index (χ3v) is 10.9. The Morgan fingerprint density at radius 1 is 0.759 bits per heavy atom. The number of hydrogen-bond donors (Lipinski definition) is 1. The molecule has 0 amide bonds. The number of aliphatic carboxylic acids is 1. The molecule has 2 saturated carbocycles. The molecule has 2 aliphatic carbocycles. The number of carboxylic acid groups (broad SMARTS) is 1. The first-order valence-electron chi connectivity index (χ1n) is 17.1. The number of allylic oxidation sites excluding steroid dienone is 2. The standard InChI is InChI=1S/C22H19Cl2NO3.C21H20Cl2O3/c1-21(2)18(12-19(23)24)22(21,20(26)27)17(13-25)14-7-6-10-16(11-14)28-15-8-4-3-5-9-15;1-21(2)17(12-18(22)23)19(21)20(24)25-13-14-7-6-10-16(11-14)26-15-8-4-3-5-9-15/h3-12,17-18H,1-2H3,(H,26,27);3-12,17,19H,13H2,1-2H3. The maximum absolute atomic E-state index is 12.4. The molecule has 4 aromatic carbocycles. The minimum absolute atomic E-state index is 0.000878. The quantitative estimate of drug-likeness (QED) is 0.142. The van der Waals surface area contributed by atoms with Gasteiger partial charge in [0.1, 0.15) is 44.0 Å². The fourth-order valence-corrected chi connectivity index (χ4v) is 7.87. The number of hydrogen-bond acceptors (Lipinski definition) is 6. The lowest BCUT2D eigenvalue weighted by atomic mass is 9.78. The van der Waals surface area contributed by atoms with Crippen molar-refractivity contribution in [1.82, 2.24) is 0 Å². The largest absolute Gasteiger partial charge is 0.481 e. The van der Waals surface area contributed by atoms with E-state index in [9.17, 15) is 20.0 Å². The molecule has 11 heteroatoms. The Morgan fingerprint density at radius 3 is 1.80 bits per heavy atom. The van der Waals surface area contributed by atoms with Crippen LogP contribution in [-0.4, -0.2) is 17.0 Å². The van der Waals surface area contributed by atoms with Crippen LogP contribution in [0.1, 0.15) is 44.7 Å². The van der Waals surface area contributed by atoms with Gasteiger partial charge in [0.15, 0.2) is 0 Å². The van der Waals surface area contributed by atoms with Gasteiger partial charge in [-0.05, 0) is 88.6 Å². The van der Waals surface area contributed by atoms with E-state index in [0.29, 0.717) is 22.8 Å². The first kappa shape index (κ1) is 40.7. The van der Waals surface area contributed by atoms with E-state index >= 15 is 0 Å². The van der Waals surface area contributed by atoms with Crippen LogP contribution in [-0.2, 0) is 20.9 Å². The van der Waals surface area contributed by atoms with Crippen molar-refractivity contribution in [2.45, 2.75) is 40.2 Å². The molecule has 7 nitrogen and oxygen atoms in total. The predicted octanol–water partition coefficient (Wildman–Crippen LogP) is 12.2. The summed E-state index contributed by atoms with van der Waals surface area (Å²) in [6.45, 7) is 7.83. The second-order valence-corrected chi connectivity index (χ2v) is 16.3. The van der Waals surface area contributed by atoms with Gasteiger partial charge in [0.05, 0.1) is 17.9 Å². The molecule has 2 fully saturated rings. The van der Waals surface area contributed by atoms with Crippen LogP contribution in [0, 0.1) is 45.3 Å². The van der Waals surface area contributed by atoms with Gasteiger partial charge in [-0.2, -0.15) is 5.26 Å². The Kier molecular flexibility index (Phi) is 12.8. The van der Waals surface area contributed by atoms with Gasteiger partial charge in [-0.15, -0.1) is 0 Å². The summed E-state index contributed by atoms with van der Waals surface area (Å²) in [4.78, 5) is 24.7. The summed E-state index contributed by atoms with van der Waals surface area (Å²) >= 11 is 23.1. The lowest BCUT2D eigenvalue weighted by molar-refractivity contribution is -0.148. The van der Waals surface area contributed by atoms with Gasteiger partial charge in [-0.1, -0.05) is 135 Å². The highest BCUT2D eigenvalue weighted by atomic mass is 35.5. The Labute approximate surface area is 335 Å². The molecule has 0 radical (unpaired) electrons. The van der Waals surface area contributed by atoms with Crippen LogP contribution in [0.2, 0.25) is 0 Å². The second-order valence-electron chi connectivity index (χ2n) is 14.3. The summed E-state index contributed by atoms with van der Waals surface area (Å²) in [5.74, 6) is -0.215. The molecule has 4 aromatic rings. The average molecular weight is 808 g/mol. The lowest BCUT2D eigenvalue weighted by Crippen LogP contribution is -2.28. The van der Waals surface area contributed by atoms with Crippen LogP contribution >= 0.6 is 46.4 Å². The van der Waals surface area contributed by atoms with Crippen LogP contribution < -0.4 is 9.47 Å². The highest BCUT2D eigenvalue weighted by Crippen LogP contribution is 2.75. The van der Waals surface area contributed by atoms with Crippen molar-refractivity contribution in [1.29, 1.82) is 5.26 Å². The minimum Gasteiger partial charge on any atom is -0.481 e. The summed E-state index contributed by atoms with van der Waals surface area (Å²) in [5, 5.41) is 20.0. The number of para-hydroxylation sites is 2. The number of carboxylic acids is 1. The fourth-order valence-electron chi connectivity index (χ4n) is 7.35. The van der Waals surface area contributed by atoms with Crippen LogP contribution in [0.3, 0.4) is 0 Å². The molecular formula is C43H39Cl4NO6. The highest BCUT2D eigenvalue weighted by molar-refractivity contribution is 6.56. The molecule has 54 heavy (non-hydrogen) atoms. The van der Waals surface area contributed by atoms with Gasteiger partial charge in [0.2, 0.25) is 0 Å². The van der Waals surface area contributed by atoms with Crippen LogP contribution in [0.4, 0.5) is 0 Å². The van der Waals surface area contributed by atoms with Crippen molar-refractivity contribution in [3.05, 3.63) is 141 Å². The molecule has 5 unspecified atom stereocenters. The zero-order valence-electron chi connectivity index (χ0n) is 30.0. The second kappa shape index (κ2) is 16.9. The van der Waals surface area contributed by atoms with Gasteiger partial charge in [0, 0.05) is 5.92 Å². The normalized spacial score (nSPS) is 21.7. The van der Waals surface area contributed by atoms with Crippen molar-refractivity contribution in [3.8, 4) is 29.1 Å². The summed E-state index contributed by atoms with van der Waals surface area (Å²) in [6, 6.07) is 35.5. The topological polar surface area (TPSA) is 106 Å². The summed E-state index contributed by atoms with van der Waals surface area (Å²) in [5.41, 5.74) is -0.766. The smallest absolute Gasteiger partial charge is 0.312 e. The molecular weight excluding hydrogens is 768 g/mol. The molecule has 5 atom stereocenters. The Bertz CT molecular complexity index is 2070. The third kappa shape index (κ3) is 8.91. The Balaban J connectivity index is 0.000000208. The number of benzene rings is 4. The van der Waals surface area contributed by atoms with Gasteiger partial charge in [0.25, 0.3) is 0 Å². The number of rotatable bonds is 12. The number of halogens is 4. The van der Waals surface area contributed by atoms with Gasteiger partial charge < -0.3 is 19.3 Å². The van der Waals surface area contributed by atoms with Crippen LogP contribution in [0.5, 0.6) is 23.0 Å². The van der Waals surface area contributed by atoms with Gasteiger partial charge in [-0.3, -0.25) is 9.59 Å². The van der Waals surface area contributed by atoms with Crippen molar-refractivity contribution in [2.24, 2.45) is 34.0 Å². The molecule has 2 aliphatic rings. The molecule has 0 spiro atoms. The summed E-state index contributed by atoms with van der Waals surface area (Å²) in [7, 11) is 0. The molecule has 0 heterocycles. The summed E-state index contributed by atoms with van der Waals surface area (Å²) in [6.07, 6.45) is 3.23. The zero-order valence-corrected chi connectivity index (χ0v) is 33.0. The molecule has 0 aliphatic heterocycles. The lowest BCUT2D eigenvalue weighted by Gasteiger charge is -2.22. The first-order valence-corrected chi connectivity index (χ1v) is 18.6. The number of nitrogens with zero attached hydrogens (tertiary/aromatic N) is 1. The molecule has 0 bridgehead atoms. The van der Waals surface area contributed by atoms with E-state index in [1.165, 1.54) is 6.08 Å². The number of ether oxygens (including phenoxy) is 3. The Morgan fingerprint density at radius 2 is 1.28 bits per heavy atom. The van der Waals surface area contributed by atoms with Crippen molar-refractivity contribution in [2.75, 3.05) is 0 Å². The average Bonchev–Trinajstić information content (AvgIpc) is 3.86. The number of carbonyl (C=O) groups excluding carboxylic acids is 1. The molecule has 0 saturated heterocycles. The highest BCUT2D eigenvalue weighted by Gasteiger charge is 2.78.